The number of nitrogens with one attached hydrogen (secondary N) is 1. The van der Waals surface area contributed by atoms with Crippen molar-refractivity contribution in [3.8, 4) is 0 Å². The van der Waals surface area contributed by atoms with E-state index in [0.717, 1.165) is 28.7 Å². The Labute approximate surface area is 161 Å². The summed E-state index contributed by atoms with van der Waals surface area (Å²) < 4.78 is 1.90. The van der Waals surface area contributed by atoms with Gasteiger partial charge in [-0.15, -0.1) is 11.3 Å². The number of fused-ring (bicyclic) bond motifs is 3. The van der Waals surface area contributed by atoms with E-state index in [2.05, 4.69) is 10.4 Å². The van der Waals surface area contributed by atoms with E-state index in [0.29, 0.717) is 22.5 Å². The highest BCUT2D eigenvalue weighted by Crippen LogP contribution is 2.41. The Bertz CT molecular complexity index is 1100. The second-order valence-corrected chi connectivity index (χ2v) is 8.35. The van der Waals surface area contributed by atoms with Crippen LogP contribution in [-0.4, -0.2) is 34.6 Å². The number of rotatable bonds is 5. The number of pyridine rings is 1. The van der Waals surface area contributed by atoms with Crippen LogP contribution < -0.4 is 15.9 Å². The summed E-state index contributed by atoms with van der Waals surface area (Å²) in [7, 11) is 3.93. The molecule has 1 fully saturated rings. The van der Waals surface area contributed by atoms with Crippen molar-refractivity contribution in [3.63, 3.8) is 0 Å². The van der Waals surface area contributed by atoms with Crippen molar-refractivity contribution in [1.82, 2.24) is 14.6 Å². The number of hydrogen-bond acceptors (Lipinski definition) is 6. The van der Waals surface area contributed by atoms with E-state index in [9.17, 15) is 9.59 Å². The van der Waals surface area contributed by atoms with Crippen LogP contribution in [0.3, 0.4) is 0 Å². The maximum Gasteiger partial charge on any atom is 0.290 e. The SMILES string of the molecule is CCC(C)C(=O)Nn1c(C2CC2)nc2c(sc3nccc(N(C)C)c32)c1=O. The minimum absolute atomic E-state index is 0.157. The van der Waals surface area contributed by atoms with Gasteiger partial charge in [-0.3, -0.25) is 15.0 Å². The Hall–Kier alpha value is -2.48. The lowest BCUT2D eigenvalue weighted by Crippen LogP contribution is -2.38. The van der Waals surface area contributed by atoms with Crippen molar-refractivity contribution in [1.29, 1.82) is 0 Å². The minimum Gasteiger partial charge on any atom is -0.377 e. The third-order valence-corrected chi connectivity index (χ3v) is 6.18. The van der Waals surface area contributed by atoms with E-state index in [-0.39, 0.29) is 23.3 Å². The maximum absolute atomic E-state index is 13.3. The average molecular weight is 385 g/mol. The van der Waals surface area contributed by atoms with Crippen LogP contribution in [-0.2, 0) is 4.79 Å². The molecule has 1 saturated carbocycles. The highest BCUT2D eigenvalue weighted by atomic mass is 32.1. The summed E-state index contributed by atoms with van der Waals surface area (Å²) in [6, 6.07) is 1.93. The lowest BCUT2D eigenvalue weighted by atomic mass is 10.1. The number of carbonyl (C=O) groups excluding carboxylic acids is 1. The highest BCUT2D eigenvalue weighted by molar-refractivity contribution is 7.25. The summed E-state index contributed by atoms with van der Waals surface area (Å²) in [5, 5.41) is 0.905. The van der Waals surface area contributed by atoms with E-state index >= 15 is 0 Å². The monoisotopic (exact) mass is 385 g/mol. The molecule has 7 nitrogen and oxygen atoms in total. The third-order valence-electron chi connectivity index (χ3n) is 5.10. The molecule has 1 unspecified atom stereocenters. The number of thiophene rings is 1. The molecular formula is C19H23N5O2S. The van der Waals surface area contributed by atoms with Crippen molar-refractivity contribution in [3.05, 3.63) is 28.4 Å². The first-order valence-electron chi connectivity index (χ1n) is 9.24. The molecule has 0 aromatic carbocycles. The first kappa shape index (κ1) is 17.9. The summed E-state index contributed by atoms with van der Waals surface area (Å²) in [4.78, 5) is 37.8. The van der Waals surface area contributed by atoms with Crippen LogP contribution in [0.2, 0.25) is 0 Å². The number of aromatic nitrogens is 3. The van der Waals surface area contributed by atoms with Crippen LogP contribution in [0.5, 0.6) is 0 Å². The summed E-state index contributed by atoms with van der Waals surface area (Å²) in [5.41, 5.74) is 4.26. The zero-order chi connectivity index (χ0) is 19.3. The fourth-order valence-corrected chi connectivity index (χ4v) is 4.15. The van der Waals surface area contributed by atoms with Gasteiger partial charge < -0.3 is 4.90 Å². The van der Waals surface area contributed by atoms with Gasteiger partial charge in [-0.05, 0) is 25.3 Å². The van der Waals surface area contributed by atoms with Crippen LogP contribution in [0, 0.1) is 5.92 Å². The predicted octanol–water partition coefficient (Wildman–Crippen LogP) is 3.07. The van der Waals surface area contributed by atoms with Crippen molar-refractivity contribution in [2.75, 3.05) is 24.4 Å². The van der Waals surface area contributed by atoms with Crippen LogP contribution in [0.4, 0.5) is 5.69 Å². The smallest absolute Gasteiger partial charge is 0.290 e. The second kappa shape index (κ2) is 6.60. The molecule has 0 bridgehead atoms. The Kier molecular flexibility index (Phi) is 4.38. The van der Waals surface area contributed by atoms with Crippen molar-refractivity contribution >= 4 is 43.4 Å². The molecule has 1 aliphatic rings. The fourth-order valence-electron chi connectivity index (χ4n) is 3.12. The molecule has 0 saturated heterocycles. The van der Waals surface area contributed by atoms with Gasteiger partial charge in [-0.2, -0.15) is 0 Å². The van der Waals surface area contributed by atoms with Gasteiger partial charge in [0.2, 0.25) is 5.91 Å². The van der Waals surface area contributed by atoms with Crippen LogP contribution in [0.15, 0.2) is 17.1 Å². The fraction of sp³-hybridized carbons (Fsp3) is 0.474. The van der Waals surface area contributed by atoms with Gasteiger partial charge in [0.25, 0.3) is 5.56 Å². The molecule has 4 rings (SSSR count). The summed E-state index contributed by atoms with van der Waals surface area (Å²) in [6.45, 7) is 3.81. The summed E-state index contributed by atoms with van der Waals surface area (Å²) in [5.74, 6) is 0.547. The summed E-state index contributed by atoms with van der Waals surface area (Å²) >= 11 is 1.33. The topological polar surface area (TPSA) is 80.1 Å². The van der Waals surface area contributed by atoms with E-state index in [1.807, 2.05) is 38.9 Å². The zero-order valence-corrected chi connectivity index (χ0v) is 16.8. The number of amides is 1. The quantitative estimate of drug-likeness (QED) is 0.730. The molecule has 1 amide bonds. The lowest BCUT2D eigenvalue weighted by Gasteiger charge is -2.16. The van der Waals surface area contributed by atoms with Gasteiger partial charge in [0.15, 0.2) is 0 Å². The van der Waals surface area contributed by atoms with Gasteiger partial charge in [-0.1, -0.05) is 13.8 Å². The molecule has 0 radical (unpaired) electrons. The van der Waals surface area contributed by atoms with Crippen LogP contribution >= 0.6 is 11.3 Å². The molecule has 1 aliphatic carbocycles. The molecule has 3 aromatic rings. The molecule has 1 N–H and O–H groups in total. The van der Waals surface area contributed by atoms with Gasteiger partial charge in [0, 0.05) is 32.1 Å². The Morgan fingerprint density at radius 3 is 2.81 bits per heavy atom. The third kappa shape index (κ3) is 2.97. The molecule has 0 aliphatic heterocycles. The zero-order valence-electron chi connectivity index (χ0n) is 15.9. The number of hydrogen-bond donors (Lipinski definition) is 1. The van der Waals surface area contributed by atoms with Crippen molar-refractivity contribution < 1.29 is 4.79 Å². The van der Waals surface area contributed by atoms with E-state index in [4.69, 9.17) is 4.98 Å². The van der Waals surface area contributed by atoms with Gasteiger partial charge in [0.1, 0.15) is 20.9 Å². The maximum atomic E-state index is 13.3. The standard InChI is InChI=1S/C19H23N5O2S/c1-5-10(2)17(25)22-24-16(11-6-7-11)21-14-13-12(23(3)4)8-9-20-18(13)27-15(14)19(24)26/h8-11H,5-7H2,1-4H3,(H,22,25). The van der Waals surface area contributed by atoms with E-state index in [1.54, 1.807) is 6.20 Å². The van der Waals surface area contributed by atoms with Crippen molar-refractivity contribution in [2.24, 2.45) is 5.92 Å². The minimum atomic E-state index is -0.216. The normalized spacial score (nSPS) is 15.3. The highest BCUT2D eigenvalue weighted by Gasteiger charge is 2.31. The number of nitrogens with zero attached hydrogens (tertiary/aromatic N) is 4. The molecule has 3 heterocycles. The lowest BCUT2D eigenvalue weighted by molar-refractivity contribution is -0.120. The van der Waals surface area contributed by atoms with Gasteiger partial charge >= 0.3 is 0 Å². The Balaban J connectivity index is 1.98. The van der Waals surface area contributed by atoms with Crippen LogP contribution in [0.1, 0.15) is 44.9 Å². The Morgan fingerprint density at radius 2 is 2.19 bits per heavy atom. The molecule has 142 valence electrons. The van der Waals surface area contributed by atoms with Crippen molar-refractivity contribution in [2.45, 2.75) is 39.0 Å². The first-order valence-corrected chi connectivity index (χ1v) is 10.1. The molecule has 27 heavy (non-hydrogen) atoms. The van der Waals surface area contributed by atoms with E-state index < -0.39 is 0 Å². The van der Waals surface area contributed by atoms with Gasteiger partial charge in [-0.25, -0.2) is 14.6 Å². The molecule has 0 spiro atoms. The average Bonchev–Trinajstić information content (AvgIpc) is 3.43. The number of carbonyl (C=O) groups is 1. The molecule has 3 aromatic heterocycles. The van der Waals surface area contributed by atoms with Crippen LogP contribution in [0.25, 0.3) is 20.4 Å². The van der Waals surface area contributed by atoms with Gasteiger partial charge in [0.05, 0.1) is 11.1 Å². The van der Waals surface area contributed by atoms with E-state index in [1.165, 1.54) is 16.0 Å². The molecular weight excluding hydrogens is 362 g/mol. The number of anilines is 1. The molecule has 8 heteroatoms. The second-order valence-electron chi connectivity index (χ2n) is 7.35. The summed E-state index contributed by atoms with van der Waals surface area (Å²) in [6.07, 6.45) is 4.43. The first-order chi connectivity index (χ1) is 12.9. The Morgan fingerprint density at radius 1 is 1.44 bits per heavy atom. The largest absolute Gasteiger partial charge is 0.377 e. The predicted molar refractivity (Wildman–Crippen MR) is 109 cm³/mol. The molecule has 1 atom stereocenters.